The minimum Gasteiger partial charge on any atom is -0.465 e. The van der Waals surface area contributed by atoms with Gasteiger partial charge in [0.05, 0.1) is 12.3 Å². The van der Waals surface area contributed by atoms with E-state index in [2.05, 4.69) is 9.88 Å². The highest BCUT2D eigenvalue weighted by molar-refractivity contribution is 5.75. The first-order valence-electron chi connectivity index (χ1n) is 6.53. The fraction of sp³-hybridized carbons (Fsp3) is 0.571. The van der Waals surface area contributed by atoms with Crippen molar-refractivity contribution in [2.45, 2.75) is 39.8 Å². The monoisotopic (exact) mass is 250 g/mol. The number of esters is 1. The van der Waals surface area contributed by atoms with Crippen molar-refractivity contribution < 1.29 is 9.53 Å². The second-order valence-corrected chi connectivity index (χ2v) is 4.06. The minimum absolute atomic E-state index is 0.141. The van der Waals surface area contributed by atoms with Gasteiger partial charge < -0.3 is 4.74 Å². The predicted molar refractivity (Wildman–Crippen MR) is 71.0 cm³/mol. The van der Waals surface area contributed by atoms with Crippen LogP contribution in [0.5, 0.6) is 0 Å². The molecule has 0 radical (unpaired) electrons. The summed E-state index contributed by atoms with van der Waals surface area (Å²) in [5.41, 5.74) is 0.974. The van der Waals surface area contributed by atoms with Gasteiger partial charge in [-0.25, -0.2) is 0 Å². The molecule has 0 aliphatic heterocycles. The molecule has 100 valence electrons. The lowest BCUT2D eigenvalue weighted by atomic mass is 10.1. The van der Waals surface area contributed by atoms with E-state index in [0.717, 1.165) is 18.7 Å². The summed E-state index contributed by atoms with van der Waals surface area (Å²) in [5.74, 6) is -0.141. The molecule has 0 saturated heterocycles. The second-order valence-electron chi connectivity index (χ2n) is 4.06. The lowest BCUT2D eigenvalue weighted by Crippen LogP contribution is -2.41. The number of hydrogen-bond acceptors (Lipinski definition) is 4. The molecule has 0 amide bonds. The van der Waals surface area contributed by atoms with E-state index in [1.807, 2.05) is 39.0 Å². The third kappa shape index (κ3) is 4.11. The molecule has 1 aromatic heterocycles. The number of hydrogen-bond donors (Lipinski definition) is 0. The predicted octanol–water partition coefficient (Wildman–Crippen LogP) is 2.25. The van der Waals surface area contributed by atoms with Gasteiger partial charge in [-0.05, 0) is 32.0 Å². The number of aromatic nitrogens is 1. The van der Waals surface area contributed by atoms with Gasteiger partial charge in [-0.3, -0.25) is 14.7 Å². The van der Waals surface area contributed by atoms with Crippen molar-refractivity contribution in [3.8, 4) is 0 Å². The third-order valence-electron chi connectivity index (χ3n) is 2.88. The van der Waals surface area contributed by atoms with Crippen LogP contribution in [0, 0.1) is 0 Å². The molecule has 0 N–H and O–H groups in total. The van der Waals surface area contributed by atoms with Gasteiger partial charge in [-0.15, -0.1) is 0 Å². The number of nitrogens with zero attached hydrogens (tertiary/aromatic N) is 2. The number of carbonyl (C=O) groups excluding carboxylic acids is 1. The molecule has 1 aromatic rings. The molecular formula is C14H22N2O2. The Morgan fingerprint density at radius 3 is 2.67 bits per heavy atom. The van der Waals surface area contributed by atoms with Crippen LogP contribution in [-0.2, 0) is 16.1 Å². The first kappa shape index (κ1) is 14.6. The average Bonchev–Trinajstić information content (AvgIpc) is 2.40. The molecular weight excluding hydrogens is 228 g/mol. The summed E-state index contributed by atoms with van der Waals surface area (Å²) in [6, 6.07) is 5.64. The van der Waals surface area contributed by atoms with Crippen molar-refractivity contribution in [2.75, 3.05) is 13.2 Å². The van der Waals surface area contributed by atoms with E-state index in [9.17, 15) is 4.79 Å². The third-order valence-corrected chi connectivity index (χ3v) is 2.88. The van der Waals surface area contributed by atoms with E-state index in [-0.39, 0.29) is 12.0 Å². The highest BCUT2D eigenvalue weighted by atomic mass is 16.5. The fourth-order valence-corrected chi connectivity index (χ4v) is 1.95. The Hall–Kier alpha value is -1.42. The summed E-state index contributed by atoms with van der Waals surface area (Å²) < 4.78 is 5.11. The van der Waals surface area contributed by atoms with Crippen LogP contribution >= 0.6 is 0 Å². The SMILES string of the molecule is CCOC(=O)C(CC)N(CC)Cc1ccccn1. The number of carbonyl (C=O) groups is 1. The van der Waals surface area contributed by atoms with Gasteiger partial charge in [0.1, 0.15) is 6.04 Å². The fourth-order valence-electron chi connectivity index (χ4n) is 1.95. The summed E-state index contributed by atoms with van der Waals surface area (Å²) in [4.78, 5) is 18.3. The van der Waals surface area contributed by atoms with Gasteiger partial charge in [-0.2, -0.15) is 0 Å². The molecule has 0 aliphatic carbocycles. The summed E-state index contributed by atoms with van der Waals surface area (Å²) in [6.07, 6.45) is 2.52. The Bertz CT molecular complexity index is 354. The maximum atomic E-state index is 11.9. The van der Waals surface area contributed by atoms with E-state index < -0.39 is 0 Å². The molecule has 0 aliphatic rings. The molecule has 18 heavy (non-hydrogen) atoms. The zero-order valence-electron chi connectivity index (χ0n) is 11.4. The van der Waals surface area contributed by atoms with Crippen molar-refractivity contribution in [2.24, 2.45) is 0 Å². The minimum atomic E-state index is -0.183. The lowest BCUT2D eigenvalue weighted by Gasteiger charge is -2.27. The standard InChI is InChI=1S/C14H22N2O2/c1-4-13(14(17)18-6-3)16(5-2)11-12-9-7-8-10-15-12/h7-10,13H,4-6,11H2,1-3H3. The largest absolute Gasteiger partial charge is 0.465 e. The number of likely N-dealkylation sites (N-methyl/N-ethyl adjacent to an activating group) is 1. The molecule has 1 heterocycles. The highest BCUT2D eigenvalue weighted by Gasteiger charge is 2.24. The maximum Gasteiger partial charge on any atom is 0.323 e. The maximum absolute atomic E-state index is 11.9. The van der Waals surface area contributed by atoms with Crippen LogP contribution in [-0.4, -0.2) is 35.0 Å². The highest BCUT2D eigenvalue weighted by Crippen LogP contribution is 2.10. The van der Waals surface area contributed by atoms with Crippen molar-refractivity contribution in [3.63, 3.8) is 0 Å². The molecule has 1 atom stereocenters. The van der Waals surface area contributed by atoms with Gasteiger partial charge in [0.25, 0.3) is 0 Å². The number of ether oxygens (including phenoxy) is 1. The molecule has 1 rings (SSSR count). The molecule has 4 heteroatoms. The molecule has 0 spiro atoms. The molecule has 0 fully saturated rings. The smallest absolute Gasteiger partial charge is 0.323 e. The molecule has 0 aromatic carbocycles. The van der Waals surface area contributed by atoms with E-state index in [1.54, 1.807) is 6.20 Å². The van der Waals surface area contributed by atoms with Crippen LogP contribution in [0.3, 0.4) is 0 Å². The Kier molecular flexibility index (Phi) is 6.36. The van der Waals surface area contributed by atoms with Crippen LogP contribution in [0.1, 0.15) is 32.9 Å². The molecule has 0 saturated carbocycles. The van der Waals surface area contributed by atoms with Gasteiger partial charge in [0, 0.05) is 12.7 Å². The zero-order chi connectivity index (χ0) is 13.4. The average molecular weight is 250 g/mol. The number of rotatable bonds is 7. The van der Waals surface area contributed by atoms with Crippen molar-refractivity contribution in [3.05, 3.63) is 30.1 Å². The van der Waals surface area contributed by atoms with E-state index in [4.69, 9.17) is 4.74 Å². The Morgan fingerprint density at radius 1 is 1.39 bits per heavy atom. The number of pyridine rings is 1. The summed E-state index contributed by atoms with van der Waals surface area (Å²) in [7, 11) is 0. The second kappa shape index (κ2) is 7.82. The summed E-state index contributed by atoms with van der Waals surface area (Å²) in [5, 5.41) is 0. The van der Waals surface area contributed by atoms with Crippen LogP contribution in [0.4, 0.5) is 0 Å². The van der Waals surface area contributed by atoms with Crippen LogP contribution in [0.2, 0.25) is 0 Å². The normalized spacial score (nSPS) is 12.4. The van der Waals surface area contributed by atoms with Crippen LogP contribution < -0.4 is 0 Å². The Balaban J connectivity index is 2.71. The van der Waals surface area contributed by atoms with Gasteiger partial charge in [-0.1, -0.05) is 19.9 Å². The van der Waals surface area contributed by atoms with E-state index in [1.165, 1.54) is 0 Å². The van der Waals surface area contributed by atoms with Crippen molar-refractivity contribution in [1.29, 1.82) is 0 Å². The Labute approximate surface area is 109 Å². The lowest BCUT2D eigenvalue weighted by molar-refractivity contribution is -0.149. The summed E-state index contributed by atoms with van der Waals surface area (Å²) in [6.45, 7) is 7.78. The topological polar surface area (TPSA) is 42.4 Å². The quantitative estimate of drug-likeness (QED) is 0.696. The van der Waals surface area contributed by atoms with Crippen LogP contribution in [0.25, 0.3) is 0 Å². The van der Waals surface area contributed by atoms with Gasteiger partial charge >= 0.3 is 5.97 Å². The molecule has 1 unspecified atom stereocenters. The first-order valence-corrected chi connectivity index (χ1v) is 6.53. The van der Waals surface area contributed by atoms with Gasteiger partial charge in [0.2, 0.25) is 0 Å². The van der Waals surface area contributed by atoms with Crippen molar-refractivity contribution in [1.82, 2.24) is 9.88 Å². The van der Waals surface area contributed by atoms with Crippen molar-refractivity contribution >= 4 is 5.97 Å². The van der Waals surface area contributed by atoms with Crippen LogP contribution in [0.15, 0.2) is 24.4 Å². The molecule has 4 nitrogen and oxygen atoms in total. The Morgan fingerprint density at radius 2 is 2.17 bits per heavy atom. The van der Waals surface area contributed by atoms with Gasteiger partial charge in [0.15, 0.2) is 0 Å². The van der Waals surface area contributed by atoms with E-state index >= 15 is 0 Å². The zero-order valence-corrected chi connectivity index (χ0v) is 11.4. The summed E-state index contributed by atoms with van der Waals surface area (Å²) >= 11 is 0. The molecule has 0 bridgehead atoms. The van der Waals surface area contributed by atoms with E-state index in [0.29, 0.717) is 13.2 Å². The first-order chi connectivity index (χ1) is 8.72.